The molecule has 0 bridgehead atoms. The van der Waals surface area contributed by atoms with Gasteiger partial charge in [0.05, 0.1) is 19.8 Å². The maximum absolute atomic E-state index is 12.1. The molecule has 1 amide bonds. The lowest BCUT2D eigenvalue weighted by Gasteiger charge is -2.26. The molecule has 1 fully saturated rings. The first kappa shape index (κ1) is 15.8. The molecule has 0 radical (unpaired) electrons. The average molecular weight is 292 g/mol. The highest BCUT2D eigenvalue weighted by atomic mass is 16.5. The van der Waals surface area contributed by atoms with Gasteiger partial charge in [0.25, 0.3) is 5.91 Å². The highest BCUT2D eigenvalue weighted by Gasteiger charge is 2.11. The third-order valence-corrected chi connectivity index (χ3v) is 3.39. The average Bonchev–Trinajstić information content (AvgIpc) is 2.54. The Morgan fingerprint density at radius 3 is 2.95 bits per heavy atom. The minimum Gasteiger partial charge on any atom is -0.494 e. The van der Waals surface area contributed by atoms with E-state index in [1.807, 2.05) is 18.2 Å². The first-order valence-corrected chi connectivity index (χ1v) is 7.60. The molecule has 1 saturated heterocycles. The molecule has 0 aliphatic carbocycles. The van der Waals surface area contributed by atoms with E-state index in [0.717, 1.165) is 45.0 Å². The van der Waals surface area contributed by atoms with E-state index in [4.69, 9.17) is 9.47 Å². The number of carbonyl (C=O) groups excluding carboxylic acids is 1. The van der Waals surface area contributed by atoms with E-state index in [9.17, 15) is 4.79 Å². The summed E-state index contributed by atoms with van der Waals surface area (Å²) in [5, 5.41) is 2.95. The van der Waals surface area contributed by atoms with Gasteiger partial charge in [-0.2, -0.15) is 0 Å². The van der Waals surface area contributed by atoms with Crippen molar-refractivity contribution in [2.45, 2.75) is 13.3 Å². The van der Waals surface area contributed by atoms with Gasteiger partial charge in [-0.25, -0.2) is 0 Å². The topological polar surface area (TPSA) is 50.8 Å². The third kappa shape index (κ3) is 5.36. The number of rotatable bonds is 7. The number of hydrogen-bond donors (Lipinski definition) is 1. The number of benzene rings is 1. The van der Waals surface area contributed by atoms with Gasteiger partial charge >= 0.3 is 0 Å². The summed E-state index contributed by atoms with van der Waals surface area (Å²) in [5.41, 5.74) is 0.644. The van der Waals surface area contributed by atoms with Crippen molar-refractivity contribution in [3.63, 3.8) is 0 Å². The lowest BCUT2D eigenvalue weighted by molar-refractivity contribution is 0.0383. The molecule has 0 aromatic heterocycles. The van der Waals surface area contributed by atoms with E-state index >= 15 is 0 Å². The van der Waals surface area contributed by atoms with Crippen LogP contribution in [0.4, 0.5) is 0 Å². The molecule has 1 aromatic carbocycles. The highest BCUT2D eigenvalue weighted by molar-refractivity contribution is 5.94. The lowest BCUT2D eigenvalue weighted by Crippen LogP contribution is -2.41. The van der Waals surface area contributed by atoms with E-state index in [0.29, 0.717) is 18.7 Å². The number of nitrogens with one attached hydrogen (secondary N) is 1. The Kier molecular flexibility index (Phi) is 6.50. The molecule has 21 heavy (non-hydrogen) atoms. The van der Waals surface area contributed by atoms with Crippen molar-refractivity contribution < 1.29 is 14.3 Å². The zero-order valence-electron chi connectivity index (χ0n) is 12.6. The van der Waals surface area contributed by atoms with Gasteiger partial charge in [-0.3, -0.25) is 9.69 Å². The fraction of sp³-hybridized carbons (Fsp3) is 0.562. The zero-order valence-corrected chi connectivity index (χ0v) is 12.6. The summed E-state index contributed by atoms with van der Waals surface area (Å²) in [4.78, 5) is 14.4. The van der Waals surface area contributed by atoms with Gasteiger partial charge < -0.3 is 14.8 Å². The summed E-state index contributed by atoms with van der Waals surface area (Å²) < 4.78 is 10.8. The van der Waals surface area contributed by atoms with E-state index in [-0.39, 0.29) is 5.91 Å². The SMILES string of the molecule is CCCOc1cccc(C(=O)NCCN2CCOCC2)c1. The number of amides is 1. The van der Waals surface area contributed by atoms with E-state index in [2.05, 4.69) is 17.1 Å². The number of morpholine rings is 1. The molecule has 1 heterocycles. The highest BCUT2D eigenvalue weighted by Crippen LogP contribution is 2.13. The second-order valence-corrected chi connectivity index (χ2v) is 5.09. The van der Waals surface area contributed by atoms with Crippen LogP contribution in [0.2, 0.25) is 0 Å². The predicted molar refractivity (Wildman–Crippen MR) is 81.8 cm³/mol. The molecule has 0 unspecified atom stereocenters. The Labute approximate surface area is 126 Å². The van der Waals surface area contributed by atoms with Crippen LogP contribution in [0, 0.1) is 0 Å². The third-order valence-electron chi connectivity index (χ3n) is 3.39. The van der Waals surface area contributed by atoms with Crippen LogP contribution in [0.15, 0.2) is 24.3 Å². The minimum absolute atomic E-state index is 0.0507. The van der Waals surface area contributed by atoms with Crippen molar-refractivity contribution in [1.82, 2.24) is 10.2 Å². The van der Waals surface area contributed by atoms with Crippen LogP contribution in [0.25, 0.3) is 0 Å². The molecule has 0 atom stereocenters. The second kappa shape index (κ2) is 8.64. The van der Waals surface area contributed by atoms with Gasteiger partial charge in [-0.1, -0.05) is 13.0 Å². The van der Waals surface area contributed by atoms with Crippen molar-refractivity contribution in [1.29, 1.82) is 0 Å². The van der Waals surface area contributed by atoms with E-state index in [1.54, 1.807) is 6.07 Å². The fourth-order valence-electron chi connectivity index (χ4n) is 2.20. The molecule has 1 aliphatic rings. The molecule has 5 heteroatoms. The van der Waals surface area contributed by atoms with Gasteiger partial charge in [-0.15, -0.1) is 0 Å². The molecule has 5 nitrogen and oxygen atoms in total. The van der Waals surface area contributed by atoms with Gasteiger partial charge in [-0.05, 0) is 24.6 Å². The second-order valence-electron chi connectivity index (χ2n) is 5.09. The Morgan fingerprint density at radius 1 is 1.38 bits per heavy atom. The van der Waals surface area contributed by atoms with Crippen molar-refractivity contribution in [2.24, 2.45) is 0 Å². The number of ether oxygens (including phenoxy) is 2. The minimum atomic E-state index is -0.0507. The lowest BCUT2D eigenvalue weighted by atomic mass is 10.2. The smallest absolute Gasteiger partial charge is 0.251 e. The summed E-state index contributed by atoms with van der Waals surface area (Å²) in [6, 6.07) is 7.32. The monoisotopic (exact) mass is 292 g/mol. The maximum Gasteiger partial charge on any atom is 0.251 e. The quantitative estimate of drug-likeness (QED) is 0.828. The van der Waals surface area contributed by atoms with Crippen LogP contribution in [-0.2, 0) is 4.74 Å². The number of nitrogens with zero attached hydrogens (tertiary/aromatic N) is 1. The summed E-state index contributed by atoms with van der Waals surface area (Å²) in [5.74, 6) is 0.697. The molecule has 0 saturated carbocycles. The van der Waals surface area contributed by atoms with Crippen LogP contribution in [-0.4, -0.2) is 56.8 Å². The summed E-state index contributed by atoms with van der Waals surface area (Å²) in [6.45, 7) is 7.69. The Morgan fingerprint density at radius 2 is 2.19 bits per heavy atom. The van der Waals surface area contributed by atoms with Crippen molar-refractivity contribution in [3.8, 4) is 5.75 Å². The Balaban J connectivity index is 1.76. The fourth-order valence-corrected chi connectivity index (χ4v) is 2.20. The first-order chi connectivity index (χ1) is 10.3. The molecule has 1 aliphatic heterocycles. The zero-order chi connectivity index (χ0) is 14.9. The van der Waals surface area contributed by atoms with Crippen molar-refractivity contribution >= 4 is 5.91 Å². The predicted octanol–water partition coefficient (Wildman–Crippen LogP) is 1.54. The standard InChI is InChI=1S/C16H24N2O3/c1-2-10-21-15-5-3-4-14(13-15)16(19)17-6-7-18-8-11-20-12-9-18/h3-5,13H,2,6-12H2,1H3,(H,17,19). The van der Waals surface area contributed by atoms with Gasteiger partial charge in [0.15, 0.2) is 0 Å². The Hall–Kier alpha value is -1.59. The van der Waals surface area contributed by atoms with Crippen LogP contribution >= 0.6 is 0 Å². The van der Waals surface area contributed by atoms with Crippen LogP contribution in [0.5, 0.6) is 5.75 Å². The molecule has 116 valence electrons. The van der Waals surface area contributed by atoms with E-state index in [1.165, 1.54) is 0 Å². The molecule has 0 spiro atoms. The van der Waals surface area contributed by atoms with Crippen LogP contribution in [0.1, 0.15) is 23.7 Å². The number of hydrogen-bond acceptors (Lipinski definition) is 4. The number of carbonyl (C=O) groups is 1. The summed E-state index contributed by atoms with van der Waals surface area (Å²) >= 11 is 0. The molecule has 1 N–H and O–H groups in total. The van der Waals surface area contributed by atoms with Crippen LogP contribution < -0.4 is 10.1 Å². The first-order valence-electron chi connectivity index (χ1n) is 7.60. The molecule has 1 aromatic rings. The van der Waals surface area contributed by atoms with Gasteiger partial charge in [0.1, 0.15) is 5.75 Å². The van der Waals surface area contributed by atoms with Crippen molar-refractivity contribution in [2.75, 3.05) is 46.0 Å². The van der Waals surface area contributed by atoms with Crippen LogP contribution in [0.3, 0.4) is 0 Å². The summed E-state index contributed by atoms with van der Waals surface area (Å²) in [7, 11) is 0. The van der Waals surface area contributed by atoms with Gasteiger partial charge in [0, 0.05) is 31.7 Å². The normalized spacial score (nSPS) is 15.7. The van der Waals surface area contributed by atoms with E-state index < -0.39 is 0 Å². The largest absolute Gasteiger partial charge is 0.494 e. The molecular weight excluding hydrogens is 268 g/mol. The van der Waals surface area contributed by atoms with Gasteiger partial charge in [0.2, 0.25) is 0 Å². The Bertz CT molecular complexity index is 445. The van der Waals surface area contributed by atoms with Crippen molar-refractivity contribution in [3.05, 3.63) is 29.8 Å². The molecular formula is C16H24N2O3. The molecule has 2 rings (SSSR count). The maximum atomic E-state index is 12.1. The summed E-state index contributed by atoms with van der Waals surface area (Å²) in [6.07, 6.45) is 0.954.